The fraction of sp³-hybridized carbons (Fsp3) is 0.250. The number of hydrogen-bond donors (Lipinski definition) is 1. The molecule has 1 fully saturated rings. The zero-order chi connectivity index (χ0) is 23.4. The van der Waals surface area contributed by atoms with Gasteiger partial charge in [0.15, 0.2) is 11.6 Å². The van der Waals surface area contributed by atoms with Gasteiger partial charge >= 0.3 is 6.18 Å². The Morgan fingerprint density at radius 1 is 1.16 bits per heavy atom. The second-order valence-corrected chi connectivity index (χ2v) is 7.68. The molecule has 12 heteroatoms. The van der Waals surface area contributed by atoms with Crippen molar-refractivity contribution in [1.29, 1.82) is 0 Å². The van der Waals surface area contributed by atoms with Crippen molar-refractivity contribution in [2.75, 3.05) is 0 Å². The van der Waals surface area contributed by atoms with E-state index in [1.165, 1.54) is 0 Å². The number of halogens is 7. The van der Waals surface area contributed by atoms with E-state index in [0.29, 0.717) is 22.9 Å². The monoisotopic (exact) mass is 475 g/mol. The molecule has 0 spiro atoms. The first kappa shape index (κ1) is 22.1. The third-order valence-electron chi connectivity index (χ3n) is 5.02. The molecule has 2 heterocycles. The highest BCUT2D eigenvalue weighted by Crippen LogP contribution is 2.40. The van der Waals surface area contributed by atoms with E-state index in [1.807, 2.05) is 0 Å². The lowest BCUT2D eigenvalue weighted by Gasteiger charge is -2.21. The molecule has 1 atom stereocenters. The van der Waals surface area contributed by atoms with Crippen LogP contribution in [0.2, 0.25) is 5.15 Å². The molecule has 1 aromatic carbocycles. The Kier molecular flexibility index (Phi) is 5.40. The Labute approximate surface area is 180 Å². The first-order chi connectivity index (χ1) is 15.0. The number of aromatic nitrogens is 2. The van der Waals surface area contributed by atoms with Gasteiger partial charge in [0.05, 0.1) is 5.39 Å². The van der Waals surface area contributed by atoms with Crippen LogP contribution >= 0.6 is 11.6 Å². The number of alkyl halides is 3. The molecule has 3 aromatic rings. The van der Waals surface area contributed by atoms with Gasteiger partial charge in [-0.1, -0.05) is 11.6 Å². The fourth-order valence-corrected chi connectivity index (χ4v) is 3.54. The first-order valence-electron chi connectivity index (χ1n) is 9.21. The molecule has 1 saturated carbocycles. The van der Waals surface area contributed by atoms with Gasteiger partial charge in [0.1, 0.15) is 33.9 Å². The van der Waals surface area contributed by atoms with Crippen molar-refractivity contribution in [2.24, 2.45) is 5.92 Å². The van der Waals surface area contributed by atoms with Gasteiger partial charge in [-0.2, -0.15) is 13.2 Å². The van der Waals surface area contributed by atoms with Crippen LogP contribution in [-0.4, -0.2) is 27.7 Å². The third kappa shape index (κ3) is 4.04. The molecule has 1 N–H and O–H groups in total. The van der Waals surface area contributed by atoms with Gasteiger partial charge in [-0.05, 0) is 30.9 Å². The number of benzene rings is 1. The summed E-state index contributed by atoms with van der Waals surface area (Å²) in [7, 11) is 0. The Bertz CT molecular complexity index is 1280. The molecule has 2 aromatic heterocycles. The highest BCUT2D eigenvalue weighted by molar-refractivity contribution is 6.29. The van der Waals surface area contributed by atoms with Gasteiger partial charge in [-0.3, -0.25) is 14.2 Å². The number of hydrogen-bond acceptors (Lipinski definition) is 3. The van der Waals surface area contributed by atoms with Crippen LogP contribution in [0, 0.1) is 23.4 Å². The Balaban J connectivity index is 1.92. The van der Waals surface area contributed by atoms with Gasteiger partial charge < -0.3 is 5.32 Å². The third-order valence-corrected chi connectivity index (χ3v) is 5.23. The van der Waals surface area contributed by atoms with Crippen molar-refractivity contribution in [3.63, 3.8) is 0 Å². The maximum Gasteiger partial charge on any atom is 0.408 e. The number of carbonyl (C=O) groups excluding carboxylic acids is 1. The predicted molar refractivity (Wildman–Crippen MR) is 102 cm³/mol. The van der Waals surface area contributed by atoms with Gasteiger partial charge in [-0.15, -0.1) is 0 Å². The maximum atomic E-state index is 14.5. The fourth-order valence-electron chi connectivity index (χ4n) is 3.39. The van der Waals surface area contributed by atoms with Crippen molar-refractivity contribution >= 4 is 28.5 Å². The SMILES string of the molecule is O=C(N[C@@H](C1CC1)C(F)(F)F)c1cn(-c2c(F)cc(F)cc2F)c2nc(Cl)ccc2c1=O. The van der Waals surface area contributed by atoms with Crippen LogP contribution in [0.3, 0.4) is 0 Å². The second-order valence-electron chi connectivity index (χ2n) is 7.30. The van der Waals surface area contributed by atoms with Crippen molar-refractivity contribution in [3.05, 3.63) is 68.9 Å². The minimum Gasteiger partial charge on any atom is -0.340 e. The smallest absolute Gasteiger partial charge is 0.340 e. The zero-order valence-corrected chi connectivity index (χ0v) is 16.6. The summed E-state index contributed by atoms with van der Waals surface area (Å²) in [5.41, 5.74) is -3.09. The maximum absolute atomic E-state index is 14.5. The molecule has 4 rings (SSSR count). The molecule has 0 aliphatic heterocycles. The molecule has 0 radical (unpaired) electrons. The standard InChI is InChI=1S/C20H12ClF6N3O2/c21-14-4-3-10-16(31)11(19(32)29-17(8-1-2-8)20(25,26)27)7-30(18(10)28-14)15-12(23)5-9(22)6-13(15)24/h3-8,17H,1-2H2,(H,29,32)/t17-/m0/s1. The van der Waals surface area contributed by atoms with Gasteiger partial charge in [0.25, 0.3) is 5.91 Å². The number of rotatable bonds is 4. The molecule has 0 bridgehead atoms. The summed E-state index contributed by atoms with van der Waals surface area (Å²) in [6.07, 6.45) is -3.60. The number of nitrogens with zero attached hydrogens (tertiary/aromatic N) is 2. The minimum atomic E-state index is -4.75. The van der Waals surface area contributed by atoms with E-state index < -0.39 is 58.2 Å². The zero-order valence-electron chi connectivity index (χ0n) is 15.8. The highest BCUT2D eigenvalue weighted by atomic mass is 35.5. The molecular formula is C20H12ClF6N3O2. The molecule has 0 saturated heterocycles. The average molecular weight is 476 g/mol. The number of fused-ring (bicyclic) bond motifs is 1. The molecule has 1 aliphatic carbocycles. The van der Waals surface area contributed by atoms with Crippen LogP contribution in [0.15, 0.2) is 35.3 Å². The van der Waals surface area contributed by atoms with E-state index in [1.54, 1.807) is 5.32 Å². The molecular weight excluding hydrogens is 464 g/mol. The quantitative estimate of drug-likeness (QED) is 0.445. The normalized spacial score (nSPS) is 15.1. The van der Waals surface area contributed by atoms with E-state index >= 15 is 0 Å². The van der Waals surface area contributed by atoms with E-state index in [0.717, 1.165) is 12.1 Å². The summed E-state index contributed by atoms with van der Waals surface area (Å²) in [6, 6.07) is 0.819. The molecule has 5 nitrogen and oxygen atoms in total. The lowest BCUT2D eigenvalue weighted by atomic mass is 10.1. The molecule has 1 aliphatic rings. The lowest BCUT2D eigenvalue weighted by molar-refractivity contribution is -0.158. The van der Waals surface area contributed by atoms with Crippen molar-refractivity contribution in [1.82, 2.24) is 14.9 Å². The number of carbonyl (C=O) groups is 1. The summed E-state index contributed by atoms with van der Waals surface area (Å²) >= 11 is 5.82. The lowest BCUT2D eigenvalue weighted by Crippen LogP contribution is -2.48. The van der Waals surface area contributed by atoms with E-state index in [-0.39, 0.29) is 29.0 Å². The van der Waals surface area contributed by atoms with Crippen LogP contribution < -0.4 is 10.7 Å². The second kappa shape index (κ2) is 7.80. The van der Waals surface area contributed by atoms with Crippen LogP contribution in [0.4, 0.5) is 26.3 Å². The molecule has 32 heavy (non-hydrogen) atoms. The van der Waals surface area contributed by atoms with Crippen molar-refractivity contribution in [3.8, 4) is 5.69 Å². The summed E-state index contributed by atoms with van der Waals surface area (Å²) in [4.78, 5) is 29.3. The van der Waals surface area contributed by atoms with Crippen LogP contribution in [0.25, 0.3) is 16.7 Å². The predicted octanol–water partition coefficient (Wildman–Crippen LogP) is 4.53. The summed E-state index contributed by atoms with van der Waals surface area (Å²) in [5.74, 6) is -6.22. The Morgan fingerprint density at radius 2 is 1.78 bits per heavy atom. The highest BCUT2D eigenvalue weighted by Gasteiger charge is 2.49. The van der Waals surface area contributed by atoms with E-state index in [9.17, 15) is 35.9 Å². The van der Waals surface area contributed by atoms with Crippen LogP contribution in [0.5, 0.6) is 0 Å². The Morgan fingerprint density at radius 3 is 2.34 bits per heavy atom. The number of amides is 1. The average Bonchev–Trinajstić information content (AvgIpc) is 3.50. The summed E-state index contributed by atoms with van der Waals surface area (Å²) in [6.45, 7) is 0. The van der Waals surface area contributed by atoms with Crippen molar-refractivity contribution in [2.45, 2.75) is 25.1 Å². The molecule has 168 valence electrons. The van der Waals surface area contributed by atoms with Crippen molar-refractivity contribution < 1.29 is 31.1 Å². The first-order valence-corrected chi connectivity index (χ1v) is 9.59. The molecule has 0 unspecified atom stereocenters. The molecule has 1 amide bonds. The summed E-state index contributed by atoms with van der Waals surface area (Å²) in [5, 5.41) is 1.29. The van der Waals surface area contributed by atoms with Crippen LogP contribution in [0.1, 0.15) is 23.2 Å². The minimum absolute atomic E-state index is 0.170. The van der Waals surface area contributed by atoms with Gasteiger partial charge in [-0.25, -0.2) is 18.2 Å². The van der Waals surface area contributed by atoms with E-state index in [4.69, 9.17) is 11.6 Å². The topological polar surface area (TPSA) is 64.0 Å². The number of nitrogens with one attached hydrogen (secondary N) is 1. The Hall–Kier alpha value is -3.08. The van der Waals surface area contributed by atoms with E-state index in [2.05, 4.69) is 4.98 Å². The summed E-state index contributed by atoms with van der Waals surface area (Å²) < 4.78 is 82.9. The van der Waals surface area contributed by atoms with Crippen LogP contribution in [-0.2, 0) is 0 Å². The largest absolute Gasteiger partial charge is 0.408 e. The number of pyridine rings is 2. The van der Waals surface area contributed by atoms with Gasteiger partial charge in [0.2, 0.25) is 5.43 Å². The van der Waals surface area contributed by atoms with Gasteiger partial charge in [0, 0.05) is 18.3 Å².